The lowest BCUT2D eigenvalue weighted by molar-refractivity contribution is -0.137. The normalized spacial score (nSPS) is 28.3. The first-order valence-corrected chi connectivity index (χ1v) is 10.8. The van der Waals surface area contributed by atoms with Gasteiger partial charge in [-0.3, -0.25) is 14.9 Å². The molecule has 3 N–H and O–H groups in total. The molecule has 4 rings (SSSR count). The van der Waals surface area contributed by atoms with Gasteiger partial charge in [0, 0.05) is 38.3 Å². The molecule has 2 aliphatic carbocycles. The number of hydrogen-bond acceptors (Lipinski definition) is 7. The number of carbonyl (C=O) groups is 2. The minimum atomic E-state index is -4.70. The third-order valence-corrected chi connectivity index (χ3v) is 6.54. The van der Waals surface area contributed by atoms with Crippen LogP contribution < -0.4 is 16.0 Å². The Bertz CT molecular complexity index is 1010. The lowest BCUT2D eigenvalue weighted by atomic mass is 9.88. The number of aromatic nitrogens is 2. The zero-order chi connectivity index (χ0) is 23.8. The minimum absolute atomic E-state index is 0.0117. The molecule has 2 amide bonds. The van der Waals surface area contributed by atoms with Gasteiger partial charge in [-0.15, -0.1) is 0 Å². The molecule has 1 aromatic rings. The summed E-state index contributed by atoms with van der Waals surface area (Å²) in [7, 11) is 0. The summed E-state index contributed by atoms with van der Waals surface area (Å²) >= 11 is 0. The lowest BCUT2D eigenvalue weighted by Gasteiger charge is -2.32. The van der Waals surface area contributed by atoms with Crippen LogP contribution in [-0.2, 0) is 15.8 Å². The fraction of sp³-hybridized carbons (Fsp3) is 0.571. The largest absolute Gasteiger partial charge is 0.421 e. The predicted octanol–water partition coefficient (Wildman–Crippen LogP) is 2.12. The molecule has 1 aliphatic heterocycles. The first-order chi connectivity index (χ1) is 15.7. The van der Waals surface area contributed by atoms with Crippen molar-refractivity contribution in [3.05, 3.63) is 23.9 Å². The number of likely N-dealkylation sites (tertiary alicyclic amines) is 1. The molecule has 0 radical (unpaired) electrons. The Morgan fingerprint density at radius 1 is 1.24 bits per heavy atom. The van der Waals surface area contributed by atoms with Crippen LogP contribution in [0.3, 0.4) is 0 Å². The van der Waals surface area contributed by atoms with E-state index in [1.165, 1.54) is 6.92 Å². The summed E-state index contributed by atoms with van der Waals surface area (Å²) in [5.74, 6) is -2.00. The molecule has 2 fully saturated rings. The fourth-order valence-electron chi connectivity index (χ4n) is 5.01. The van der Waals surface area contributed by atoms with Gasteiger partial charge in [-0.1, -0.05) is 12.2 Å². The number of piperidine rings is 1. The quantitative estimate of drug-likeness (QED) is 0.347. The molecule has 0 aromatic carbocycles. The summed E-state index contributed by atoms with van der Waals surface area (Å²) in [5.41, 5.74) is -1.03. The highest BCUT2D eigenvalue weighted by atomic mass is 19.4. The summed E-state index contributed by atoms with van der Waals surface area (Å²) in [5, 5.41) is 16.8. The number of halogens is 3. The fourth-order valence-corrected chi connectivity index (χ4v) is 5.01. The van der Waals surface area contributed by atoms with Gasteiger partial charge in [-0.05, 0) is 31.1 Å². The van der Waals surface area contributed by atoms with Gasteiger partial charge in [0.15, 0.2) is 6.19 Å². The second-order valence-corrected chi connectivity index (χ2v) is 8.65. The highest BCUT2D eigenvalue weighted by molar-refractivity contribution is 5.82. The van der Waals surface area contributed by atoms with Gasteiger partial charge in [0.25, 0.3) is 0 Å². The van der Waals surface area contributed by atoms with Crippen LogP contribution in [0.5, 0.6) is 0 Å². The van der Waals surface area contributed by atoms with Crippen molar-refractivity contribution in [1.82, 2.24) is 20.2 Å². The summed E-state index contributed by atoms with van der Waals surface area (Å²) in [4.78, 5) is 33.7. The Labute approximate surface area is 188 Å². The van der Waals surface area contributed by atoms with E-state index in [9.17, 15) is 22.8 Å². The van der Waals surface area contributed by atoms with Crippen molar-refractivity contribution in [3.8, 4) is 6.19 Å². The van der Waals surface area contributed by atoms with Gasteiger partial charge in [-0.2, -0.15) is 23.4 Å². The van der Waals surface area contributed by atoms with Gasteiger partial charge in [0.2, 0.25) is 17.8 Å². The first-order valence-electron chi connectivity index (χ1n) is 10.8. The molecule has 2 heterocycles. The van der Waals surface area contributed by atoms with E-state index in [4.69, 9.17) is 5.26 Å². The molecule has 3 aliphatic rings. The van der Waals surface area contributed by atoms with Gasteiger partial charge in [0.1, 0.15) is 11.4 Å². The number of allylic oxidation sites excluding steroid dienone is 1. The van der Waals surface area contributed by atoms with Crippen LogP contribution in [0.15, 0.2) is 18.3 Å². The molecular weight excluding hydrogens is 439 g/mol. The predicted molar refractivity (Wildman–Crippen MR) is 111 cm³/mol. The maximum Gasteiger partial charge on any atom is 0.421 e. The molecule has 176 valence electrons. The molecule has 9 nitrogen and oxygen atoms in total. The smallest absolute Gasteiger partial charge is 0.365 e. The summed E-state index contributed by atoms with van der Waals surface area (Å²) < 4.78 is 41.1. The highest BCUT2D eigenvalue weighted by Crippen LogP contribution is 2.46. The summed E-state index contributed by atoms with van der Waals surface area (Å²) in [6.07, 6.45) is 3.46. The average molecular weight is 463 g/mol. The highest BCUT2D eigenvalue weighted by Gasteiger charge is 2.49. The first kappa shape index (κ1) is 22.8. The average Bonchev–Trinajstić information content (AvgIpc) is 3.35. The summed E-state index contributed by atoms with van der Waals surface area (Å²) in [6.45, 7) is 2.52. The van der Waals surface area contributed by atoms with Crippen molar-refractivity contribution in [3.63, 3.8) is 0 Å². The van der Waals surface area contributed by atoms with Gasteiger partial charge in [-0.25, -0.2) is 4.98 Å². The van der Waals surface area contributed by atoms with Crippen molar-refractivity contribution in [1.29, 1.82) is 5.26 Å². The Balaban J connectivity index is 1.58. The maximum atomic E-state index is 13.7. The van der Waals surface area contributed by atoms with Crippen LogP contribution in [0.1, 0.15) is 31.7 Å². The summed E-state index contributed by atoms with van der Waals surface area (Å²) in [6, 6.07) is -0.827. The van der Waals surface area contributed by atoms with E-state index < -0.39 is 35.4 Å². The Hall–Kier alpha value is -3.36. The van der Waals surface area contributed by atoms with Crippen molar-refractivity contribution in [2.45, 2.75) is 44.4 Å². The molecule has 4 unspecified atom stereocenters. The molecule has 5 atom stereocenters. The van der Waals surface area contributed by atoms with E-state index >= 15 is 0 Å². The molecule has 12 heteroatoms. The SMILES string of the molecule is CC(=O)N1CCC[C@@H](Nc2ncc(C(F)(F)F)c(NC3C4C=CC(C4)C3C(=O)NC#N)n2)C1. The second-order valence-electron chi connectivity index (χ2n) is 8.65. The van der Waals surface area contributed by atoms with Gasteiger partial charge in [0.05, 0.1) is 5.92 Å². The molecular formula is C21H24F3N7O2. The number of hydrogen-bond donors (Lipinski definition) is 3. The van der Waals surface area contributed by atoms with E-state index in [0.29, 0.717) is 19.5 Å². The monoisotopic (exact) mass is 463 g/mol. The number of rotatable bonds is 5. The van der Waals surface area contributed by atoms with E-state index in [1.807, 2.05) is 12.2 Å². The van der Waals surface area contributed by atoms with E-state index in [2.05, 4.69) is 25.9 Å². The van der Waals surface area contributed by atoms with Crippen LogP contribution in [0, 0.1) is 29.2 Å². The van der Waals surface area contributed by atoms with E-state index in [-0.39, 0.29) is 29.7 Å². The molecule has 1 saturated carbocycles. The number of amides is 2. The lowest BCUT2D eigenvalue weighted by Crippen LogP contribution is -2.44. The van der Waals surface area contributed by atoms with Crippen LogP contribution in [0.2, 0.25) is 0 Å². The number of carbonyl (C=O) groups excluding carboxylic acids is 2. The number of anilines is 2. The van der Waals surface area contributed by atoms with E-state index in [1.54, 1.807) is 11.1 Å². The van der Waals surface area contributed by atoms with Crippen molar-refractivity contribution >= 4 is 23.6 Å². The van der Waals surface area contributed by atoms with Crippen molar-refractivity contribution in [2.24, 2.45) is 17.8 Å². The number of nitrogens with one attached hydrogen (secondary N) is 3. The van der Waals surface area contributed by atoms with Crippen molar-refractivity contribution in [2.75, 3.05) is 23.7 Å². The molecule has 1 aromatic heterocycles. The minimum Gasteiger partial charge on any atom is -0.365 e. The van der Waals surface area contributed by atoms with Gasteiger partial charge >= 0.3 is 6.18 Å². The number of alkyl halides is 3. The Morgan fingerprint density at radius 2 is 2.00 bits per heavy atom. The topological polar surface area (TPSA) is 123 Å². The van der Waals surface area contributed by atoms with Crippen LogP contribution in [0.25, 0.3) is 0 Å². The number of nitrogens with zero attached hydrogens (tertiary/aromatic N) is 4. The molecule has 2 bridgehead atoms. The number of fused-ring (bicyclic) bond motifs is 2. The van der Waals surface area contributed by atoms with Crippen LogP contribution >= 0.6 is 0 Å². The molecule has 1 saturated heterocycles. The molecule has 0 spiro atoms. The van der Waals surface area contributed by atoms with Crippen molar-refractivity contribution < 1.29 is 22.8 Å². The molecule has 33 heavy (non-hydrogen) atoms. The Morgan fingerprint density at radius 3 is 2.70 bits per heavy atom. The van der Waals surface area contributed by atoms with Gasteiger partial charge < -0.3 is 15.5 Å². The second kappa shape index (κ2) is 8.88. The number of nitriles is 1. The third kappa shape index (κ3) is 4.72. The Kier molecular flexibility index (Phi) is 6.14. The zero-order valence-electron chi connectivity index (χ0n) is 17.9. The van der Waals surface area contributed by atoms with E-state index in [0.717, 1.165) is 19.0 Å². The standard InChI is InChI=1S/C21H24F3N7O2/c1-11(32)31-6-2-3-14(9-31)28-20-26-8-15(21(22,23)24)18(30-20)29-17-13-5-4-12(7-13)16(17)19(33)27-10-25/h4-5,8,12-14,16-17H,2-3,6-7,9H2,1H3,(H,27,33)(H2,26,28,29,30)/t12?,13?,14-,16?,17?/m1/s1. The third-order valence-electron chi connectivity index (χ3n) is 6.54. The van der Waals surface area contributed by atoms with Crippen LogP contribution in [-0.4, -0.2) is 51.9 Å². The van der Waals surface area contributed by atoms with Crippen LogP contribution in [0.4, 0.5) is 24.9 Å². The zero-order valence-corrected chi connectivity index (χ0v) is 17.9. The maximum absolute atomic E-state index is 13.7.